The molecule has 0 radical (unpaired) electrons. The summed E-state index contributed by atoms with van der Waals surface area (Å²) in [5.41, 5.74) is 5.42. The zero-order valence-electron chi connectivity index (χ0n) is 20.7. The molecular formula is C27H24N8O2. The Morgan fingerprint density at radius 3 is 2.73 bits per heavy atom. The van der Waals surface area contributed by atoms with Crippen molar-refractivity contribution >= 4 is 5.52 Å². The van der Waals surface area contributed by atoms with Crippen LogP contribution in [0.25, 0.3) is 22.6 Å². The zero-order valence-corrected chi connectivity index (χ0v) is 20.7. The van der Waals surface area contributed by atoms with Gasteiger partial charge in [0.05, 0.1) is 42.0 Å². The lowest BCUT2D eigenvalue weighted by Crippen LogP contribution is -2.10. The first-order chi connectivity index (χ1) is 18.0. The summed E-state index contributed by atoms with van der Waals surface area (Å²) in [6, 6.07) is 15.3. The van der Waals surface area contributed by atoms with Gasteiger partial charge in [0.25, 0.3) is 0 Å². The molecule has 10 heteroatoms. The number of ether oxygens (including phenoxy) is 2. The van der Waals surface area contributed by atoms with Crippen LogP contribution in [0.4, 0.5) is 0 Å². The molecule has 2 atom stereocenters. The number of hydrogen-bond acceptors (Lipinski definition) is 8. The molecule has 1 saturated heterocycles. The number of hydrogen-bond donors (Lipinski definition) is 0. The van der Waals surface area contributed by atoms with Gasteiger partial charge in [-0.15, -0.1) is 5.10 Å². The van der Waals surface area contributed by atoms with Crippen molar-refractivity contribution < 1.29 is 9.47 Å². The minimum atomic E-state index is -0.0748. The topological polar surface area (TPSA) is 116 Å². The van der Waals surface area contributed by atoms with E-state index in [0.29, 0.717) is 35.7 Å². The number of aryl methyl sites for hydroxylation is 2. The lowest BCUT2D eigenvalue weighted by Gasteiger charge is -2.16. The van der Waals surface area contributed by atoms with Crippen LogP contribution in [0, 0.1) is 31.1 Å². The summed E-state index contributed by atoms with van der Waals surface area (Å²) in [7, 11) is 0. The quantitative estimate of drug-likeness (QED) is 0.345. The third-order valence-electron chi connectivity index (χ3n) is 6.41. The van der Waals surface area contributed by atoms with Crippen LogP contribution in [0.3, 0.4) is 0 Å². The van der Waals surface area contributed by atoms with Gasteiger partial charge in [-0.2, -0.15) is 20.6 Å². The van der Waals surface area contributed by atoms with E-state index in [0.717, 1.165) is 40.1 Å². The average Bonchev–Trinajstić information content (AvgIpc) is 3.63. The molecule has 37 heavy (non-hydrogen) atoms. The first-order valence-corrected chi connectivity index (χ1v) is 12.0. The van der Waals surface area contributed by atoms with E-state index in [1.54, 1.807) is 33.7 Å². The van der Waals surface area contributed by atoms with Crippen molar-refractivity contribution in [2.75, 3.05) is 6.61 Å². The van der Waals surface area contributed by atoms with E-state index in [9.17, 15) is 5.26 Å². The molecule has 6 rings (SSSR count). The number of nitriles is 1. The molecule has 0 aliphatic carbocycles. The molecule has 0 unspecified atom stereocenters. The summed E-state index contributed by atoms with van der Waals surface area (Å²) in [5.74, 6) is 2.13. The van der Waals surface area contributed by atoms with E-state index >= 15 is 0 Å². The normalized spacial score (nSPS) is 17.2. The predicted molar refractivity (Wildman–Crippen MR) is 134 cm³/mol. The lowest BCUT2D eigenvalue weighted by molar-refractivity contribution is 0.108. The highest BCUT2D eigenvalue weighted by molar-refractivity contribution is 5.78. The number of pyridine rings is 2. The third kappa shape index (κ3) is 4.30. The number of fused-ring (bicyclic) bond motifs is 1. The monoisotopic (exact) mass is 492 g/mol. The highest BCUT2D eigenvalue weighted by Gasteiger charge is 2.28. The fourth-order valence-electron chi connectivity index (χ4n) is 4.56. The van der Waals surface area contributed by atoms with Gasteiger partial charge in [0, 0.05) is 22.9 Å². The Hall–Kier alpha value is -4.62. The minimum Gasteiger partial charge on any atom is -0.436 e. The first-order valence-electron chi connectivity index (χ1n) is 12.0. The number of rotatable bonds is 5. The molecule has 0 amide bonds. The van der Waals surface area contributed by atoms with Crippen molar-refractivity contribution in [2.45, 2.75) is 33.3 Å². The summed E-state index contributed by atoms with van der Waals surface area (Å²) in [4.78, 5) is 5.02. The van der Waals surface area contributed by atoms with Crippen LogP contribution in [0.2, 0.25) is 0 Å². The first kappa shape index (κ1) is 22.8. The standard InChI is InChI=1S/C27H24N8O2/c1-16-10-25(36-15-16)21-6-7-23(30-27(21)35-18(3)11-19(12-28)33-35)22-13-29-34-14-20(5-8-24(22)34)37-26-9-4-17(2)31-32-26/h4-9,11,13-14,16,25H,10,15H2,1-3H3/t16-,25+/m1/s1. The van der Waals surface area contributed by atoms with E-state index in [1.165, 1.54) is 0 Å². The molecule has 1 aliphatic heterocycles. The van der Waals surface area contributed by atoms with E-state index < -0.39 is 0 Å². The van der Waals surface area contributed by atoms with Crippen LogP contribution in [0.15, 0.2) is 54.9 Å². The smallest absolute Gasteiger partial charge is 0.238 e. The van der Waals surface area contributed by atoms with Crippen molar-refractivity contribution in [1.82, 2.24) is 34.6 Å². The van der Waals surface area contributed by atoms with Gasteiger partial charge in [0.2, 0.25) is 5.88 Å². The van der Waals surface area contributed by atoms with Crippen LogP contribution >= 0.6 is 0 Å². The highest BCUT2D eigenvalue weighted by atomic mass is 16.5. The fraction of sp³-hybridized carbons (Fsp3) is 0.259. The average molecular weight is 493 g/mol. The molecule has 0 saturated carbocycles. The van der Waals surface area contributed by atoms with Gasteiger partial charge in [-0.25, -0.2) is 14.2 Å². The van der Waals surface area contributed by atoms with Crippen molar-refractivity contribution in [3.05, 3.63) is 77.5 Å². The maximum atomic E-state index is 9.39. The highest BCUT2D eigenvalue weighted by Crippen LogP contribution is 2.36. The van der Waals surface area contributed by atoms with Gasteiger partial charge < -0.3 is 9.47 Å². The molecule has 1 aliphatic rings. The van der Waals surface area contributed by atoms with E-state index in [-0.39, 0.29) is 6.10 Å². The maximum absolute atomic E-state index is 9.39. The molecule has 10 nitrogen and oxygen atoms in total. The van der Waals surface area contributed by atoms with Gasteiger partial charge in [-0.05, 0) is 56.5 Å². The molecule has 0 spiro atoms. The molecule has 5 aromatic rings. The van der Waals surface area contributed by atoms with E-state index in [1.807, 2.05) is 44.2 Å². The molecule has 0 N–H and O–H groups in total. The maximum Gasteiger partial charge on any atom is 0.238 e. The molecule has 1 fully saturated rings. The second-order valence-corrected chi connectivity index (χ2v) is 9.33. The van der Waals surface area contributed by atoms with Gasteiger partial charge in [-0.3, -0.25) is 0 Å². The molecule has 0 bridgehead atoms. The SMILES string of the molecule is Cc1ccc(Oc2ccc3c(-c4ccc([C@@H]5C[C@@H](C)CO5)c(-n5nc(C#N)cc5C)n4)cnn3c2)nn1. The minimum absolute atomic E-state index is 0.0748. The molecule has 0 aromatic carbocycles. The number of aromatic nitrogens is 7. The van der Waals surface area contributed by atoms with Gasteiger partial charge in [0.15, 0.2) is 11.5 Å². The Balaban J connectivity index is 1.40. The second kappa shape index (κ2) is 9.11. The van der Waals surface area contributed by atoms with E-state index in [2.05, 4.69) is 33.4 Å². The van der Waals surface area contributed by atoms with Crippen LogP contribution in [0.5, 0.6) is 11.6 Å². The van der Waals surface area contributed by atoms with E-state index in [4.69, 9.17) is 14.5 Å². The lowest BCUT2D eigenvalue weighted by atomic mass is 10.0. The Bertz CT molecular complexity index is 1650. The van der Waals surface area contributed by atoms with Gasteiger partial charge >= 0.3 is 0 Å². The Labute approximate surface area is 213 Å². The summed E-state index contributed by atoms with van der Waals surface area (Å²) < 4.78 is 15.4. The fourth-order valence-corrected chi connectivity index (χ4v) is 4.56. The third-order valence-corrected chi connectivity index (χ3v) is 6.41. The summed E-state index contributed by atoms with van der Waals surface area (Å²) >= 11 is 0. The summed E-state index contributed by atoms with van der Waals surface area (Å²) in [6.07, 6.45) is 4.40. The van der Waals surface area contributed by atoms with Crippen molar-refractivity contribution in [2.24, 2.45) is 5.92 Å². The van der Waals surface area contributed by atoms with Crippen LogP contribution in [0.1, 0.15) is 42.1 Å². The number of nitrogens with zero attached hydrogens (tertiary/aromatic N) is 8. The molecule has 6 heterocycles. The second-order valence-electron chi connectivity index (χ2n) is 9.33. The molecular weight excluding hydrogens is 468 g/mol. The van der Waals surface area contributed by atoms with Gasteiger partial charge in [0.1, 0.15) is 11.8 Å². The predicted octanol–water partition coefficient (Wildman–Crippen LogP) is 4.75. The van der Waals surface area contributed by atoms with Gasteiger partial charge in [-0.1, -0.05) is 13.0 Å². The zero-order chi connectivity index (χ0) is 25.5. The summed E-state index contributed by atoms with van der Waals surface area (Å²) in [6.45, 7) is 6.67. The van der Waals surface area contributed by atoms with Crippen molar-refractivity contribution in [3.8, 4) is 34.8 Å². The Morgan fingerprint density at radius 2 is 2.00 bits per heavy atom. The molecule has 5 aromatic heterocycles. The van der Waals surface area contributed by atoms with Crippen LogP contribution < -0.4 is 4.74 Å². The Morgan fingerprint density at radius 1 is 1.11 bits per heavy atom. The Kier molecular flexibility index (Phi) is 5.62. The molecule has 184 valence electrons. The van der Waals surface area contributed by atoms with Crippen LogP contribution in [-0.4, -0.2) is 41.2 Å². The summed E-state index contributed by atoms with van der Waals surface area (Å²) in [5, 5.41) is 26.5. The van der Waals surface area contributed by atoms with Crippen molar-refractivity contribution in [3.63, 3.8) is 0 Å². The largest absolute Gasteiger partial charge is 0.436 e. The van der Waals surface area contributed by atoms with Crippen molar-refractivity contribution in [1.29, 1.82) is 5.26 Å². The van der Waals surface area contributed by atoms with Crippen LogP contribution in [-0.2, 0) is 4.74 Å².